The van der Waals surface area contributed by atoms with Gasteiger partial charge in [-0.1, -0.05) is 29.8 Å². The molecular weight excluding hydrogens is 355 g/mol. The molecule has 0 amide bonds. The lowest BCUT2D eigenvalue weighted by molar-refractivity contribution is 0.403. The molecule has 2 heterocycles. The topological polar surface area (TPSA) is 109 Å². The maximum atomic E-state index is 13.3. The zero-order valence-corrected chi connectivity index (χ0v) is 14.1. The minimum Gasteiger partial charge on any atom is -0.393 e. The highest BCUT2D eigenvalue weighted by Gasteiger charge is 2.46. The van der Waals surface area contributed by atoms with Crippen molar-refractivity contribution < 1.29 is 9.09 Å². The number of anilines is 1. The average Bonchev–Trinajstić information content (AvgIpc) is 2.92. The van der Waals surface area contributed by atoms with Crippen LogP contribution < -0.4 is 5.09 Å². The molecule has 24 heavy (non-hydrogen) atoms. The van der Waals surface area contributed by atoms with E-state index in [0.29, 0.717) is 10.6 Å². The van der Waals surface area contributed by atoms with Gasteiger partial charge in [-0.25, -0.2) is 15.0 Å². The molecule has 0 saturated carbocycles. The van der Waals surface area contributed by atoms with Crippen LogP contribution in [0.2, 0.25) is 5.02 Å². The number of benzene rings is 1. The highest BCUT2D eigenvalue weighted by molar-refractivity contribution is 7.61. The van der Waals surface area contributed by atoms with Crippen molar-refractivity contribution in [2.75, 3.05) is 12.1 Å². The Kier molecular flexibility index (Phi) is 4.46. The van der Waals surface area contributed by atoms with Crippen LogP contribution in [-0.2, 0) is 9.09 Å². The Balaban J connectivity index is 2.02. The molecule has 0 fully saturated rings. The van der Waals surface area contributed by atoms with Gasteiger partial charge >= 0.3 is 13.5 Å². The first-order chi connectivity index (χ1) is 11.5. The zero-order valence-electron chi connectivity index (χ0n) is 12.4. The van der Waals surface area contributed by atoms with Crippen molar-refractivity contribution in [1.82, 2.24) is 15.0 Å². The zero-order chi connectivity index (χ0) is 17.2. The van der Waals surface area contributed by atoms with E-state index in [-0.39, 0.29) is 12.0 Å². The van der Waals surface area contributed by atoms with Gasteiger partial charge in [0, 0.05) is 30.0 Å². The predicted molar refractivity (Wildman–Crippen MR) is 89.5 cm³/mol. The first-order valence-corrected chi connectivity index (χ1v) is 8.84. The fraction of sp³-hybridized carbons (Fsp3) is 0.154. The minimum atomic E-state index is -3.68. The molecule has 1 aromatic carbocycles. The largest absolute Gasteiger partial charge is 0.393 e. The second kappa shape index (κ2) is 6.54. The normalized spacial score (nSPS) is 22.4. The summed E-state index contributed by atoms with van der Waals surface area (Å²) in [6.07, 6.45) is 2.98. The van der Waals surface area contributed by atoms with Crippen LogP contribution in [0.4, 0.5) is 5.95 Å². The van der Waals surface area contributed by atoms with Crippen molar-refractivity contribution in [1.29, 1.82) is 0 Å². The Hall–Kier alpha value is -2.51. The van der Waals surface area contributed by atoms with Crippen LogP contribution in [0.25, 0.3) is 0 Å². The molecule has 0 unspecified atom stereocenters. The third kappa shape index (κ3) is 3.08. The van der Waals surface area contributed by atoms with E-state index in [1.165, 1.54) is 19.4 Å². The van der Waals surface area contributed by atoms with E-state index in [1.807, 2.05) is 0 Å². The Morgan fingerprint density at radius 3 is 2.67 bits per heavy atom. The Bertz CT molecular complexity index is 833. The molecule has 0 aliphatic carbocycles. The number of rotatable bonds is 4. The third-order valence-corrected chi connectivity index (χ3v) is 5.50. The molecule has 1 aromatic heterocycles. The Labute approximate surface area is 142 Å². The molecule has 1 aliphatic rings. The number of hydrogen-bond acceptors (Lipinski definition) is 7. The smallest absolute Gasteiger partial charge is 0.374 e. The number of amidine groups is 1. The highest BCUT2D eigenvalue weighted by atomic mass is 35.5. The van der Waals surface area contributed by atoms with Crippen LogP contribution in [0.3, 0.4) is 0 Å². The van der Waals surface area contributed by atoms with Crippen LogP contribution in [0.5, 0.6) is 0 Å². The summed E-state index contributed by atoms with van der Waals surface area (Å²) in [7, 11) is -2.34. The number of halogens is 1. The lowest BCUT2D eigenvalue weighted by Crippen LogP contribution is -2.20. The average molecular weight is 367 g/mol. The standard InChI is InChI=1S/C13H12ClN6O3P/c1-20(19-21)13-17-11(9-5-2-3-6-10(9)14)24(22,23-13)18-12-15-7-4-8-16-12/h2-8,11H,1H3,(H,15,16,18,22)/t11-,24-/m1/s1. The third-order valence-electron chi connectivity index (χ3n) is 3.18. The van der Waals surface area contributed by atoms with Gasteiger partial charge in [0.25, 0.3) is 0 Å². The first-order valence-electron chi connectivity index (χ1n) is 6.77. The molecule has 0 saturated heterocycles. The van der Waals surface area contributed by atoms with E-state index in [0.717, 1.165) is 5.01 Å². The van der Waals surface area contributed by atoms with E-state index in [9.17, 15) is 9.47 Å². The molecule has 2 atom stereocenters. The molecule has 3 rings (SSSR count). The molecule has 0 spiro atoms. The van der Waals surface area contributed by atoms with Gasteiger partial charge in [0.2, 0.25) is 5.95 Å². The predicted octanol–water partition coefficient (Wildman–Crippen LogP) is 3.43. The number of nitrogens with one attached hydrogen (secondary N) is 1. The molecule has 9 nitrogen and oxygen atoms in total. The number of aromatic nitrogens is 2. The lowest BCUT2D eigenvalue weighted by Gasteiger charge is -2.19. The summed E-state index contributed by atoms with van der Waals surface area (Å²) in [6, 6.07) is 8.24. The summed E-state index contributed by atoms with van der Waals surface area (Å²) in [6.45, 7) is 0. The van der Waals surface area contributed by atoms with Crippen molar-refractivity contribution in [2.24, 2.45) is 10.3 Å². The van der Waals surface area contributed by atoms with Gasteiger partial charge in [-0.3, -0.25) is 9.65 Å². The van der Waals surface area contributed by atoms with Gasteiger partial charge in [0.05, 0.1) is 5.29 Å². The molecule has 0 bridgehead atoms. The highest BCUT2D eigenvalue weighted by Crippen LogP contribution is 2.64. The number of aliphatic imine (C=N–C) groups is 1. The van der Waals surface area contributed by atoms with E-state index >= 15 is 0 Å². The summed E-state index contributed by atoms with van der Waals surface area (Å²) >= 11 is 6.19. The SMILES string of the molecule is CN(N=O)C1=N[C@@H](c2ccccc2Cl)[P@](=O)(Nc2ncccn2)O1. The van der Waals surface area contributed by atoms with Crippen molar-refractivity contribution in [3.8, 4) is 0 Å². The van der Waals surface area contributed by atoms with Crippen LogP contribution >= 0.6 is 19.1 Å². The maximum absolute atomic E-state index is 13.3. The van der Waals surface area contributed by atoms with Gasteiger partial charge in [-0.2, -0.15) is 5.01 Å². The summed E-state index contributed by atoms with van der Waals surface area (Å²) in [4.78, 5) is 22.9. The van der Waals surface area contributed by atoms with E-state index in [4.69, 9.17) is 16.1 Å². The van der Waals surface area contributed by atoms with Crippen LogP contribution in [0, 0.1) is 4.91 Å². The molecule has 2 aromatic rings. The van der Waals surface area contributed by atoms with Crippen molar-refractivity contribution in [3.05, 3.63) is 58.2 Å². The number of nitroso groups, excluding NO2 is 1. The van der Waals surface area contributed by atoms with Crippen molar-refractivity contribution in [3.63, 3.8) is 0 Å². The number of nitrogens with zero attached hydrogens (tertiary/aromatic N) is 5. The molecule has 0 radical (unpaired) electrons. The molecule has 1 N–H and O–H groups in total. The Morgan fingerprint density at radius 2 is 2.00 bits per heavy atom. The minimum absolute atomic E-state index is 0.107. The van der Waals surface area contributed by atoms with Gasteiger partial charge in [-0.15, -0.1) is 4.91 Å². The summed E-state index contributed by atoms with van der Waals surface area (Å²) in [5.41, 5.74) is 0.486. The van der Waals surface area contributed by atoms with Gasteiger partial charge in [0.15, 0.2) is 5.78 Å². The van der Waals surface area contributed by atoms with E-state index in [1.54, 1.807) is 30.3 Å². The summed E-state index contributed by atoms with van der Waals surface area (Å²) in [5, 5.41) is 6.59. The van der Waals surface area contributed by atoms with Crippen LogP contribution in [-0.4, -0.2) is 28.0 Å². The molecule has 11 heteroatoms. The maximum Gasteiger partial charge on any atom is 0.374 e. The second-order valence-electron chi connectivity index (χ2n) is 4.78. The molecule has 1 aliphatic heterocycles. The first kappa shape index (κ1) is 16.4. The van der Waals surface area contributed by atoms with E-state index < -0.39 is 13.3 Å². The summed E-state index contributed by atoms with van der Waals surface area (Å²) in [5.74, 6) is -0.856. The number of hydrogen-bond donors (Lipinski definition) is 1. The van der Waals surface area contributed by atoms with Crippen LogP contribution in [0.1, 0.15) is 11.3 Å². The van der Waals surface area contributed by atoms with Crippen molar-refractivity contribution in [2.45, 2.75) is 5.78 Å². The fourth-order valence-electron chi connectivity index (χ4n) is 2.07. The second-order valence-corrected chi connectivity index (χ2v) is 7.28. The molecule has 124 valence electrons. The van der Waals surface area contributed by atoms with Crippen molar-refractivity contribution >= 4 is 31.1 Å². The van der Waals surface area contributed by atoms with Gasteiger partial charge in [-0.05, 0) is 12.1 Å². The fourth-order valence-corrected chi connectivity index (χ4v) is 4.30. The molecular formula is C13H12ClN6O3P. The van der Waals surface area contributed by atoms with E-state index in [2.05, 4.69) is 25.3 Å². The van der Waals surface area contributed by atoms with Gasteiger partial charge in [0.1, 0.15) is 0 Å². The summed E-state index contributed by atoms with van der Waals surface area (Å²) < 4.78 is 18.8. The quantitative estimate of drug-likeness (QED) is 0.501. The van der Waals surface area contributed by atoms with Gasteiger partial charge < -0.3 is 4.52 Å². The Morgan fingerprint density at radius 1 is 1.29 bits per heavy atom. The lowest BCUT2D eigenvalue weighted by atomic mass is 10.2. The van der Waals surface area contributed by atoms with Crippen LogP contribution in [0.15, 0.2) is 53.0 Å². The monoisotopic (exact) mass is 366 g/mol.